The molecule has 0 fully saturated rings. The highest BCUT2D eigenvalue weighted by atomic mass is 32.2. The lowest BCUT2D eigenvalue weighted by Gasteiger charge is -2.09. The average molecular weight is 343 g/mol. The molecule has 5 nitrogen and oxygen atoms in total. The Morgan fingerprint density at radius 3 is 2.71 bits per heavy atom. The first kappa shape index (κ1) is 16.3. The van der Waals surface area contributed by atoms with E-state index in [1.807, 2.05) is 6.07 Å². The first-order valence-corrected chi connectivity index (χ1v) is 8.11. The van der Waals surface area contributed by atoms with Crippen molar-refractivity contribution in [1.29, 1.82) is 5.26 Å². The summed E-state index contributed by atoms with van der Waals surface area (Å²) in [6.07, 6.45) is 0.249. The normalized spacial score (nSPS) is 12.2. The van der Waals surface area contributed by atoms with Gasteiger partial charge >= 0.3 is 5.76 Å². The third-order valence-corrected chi connectivity index (χ3v) is 4.49. The lowest BCUT2D eigenvalue weighted by molar-refractivity contribution is 0.528. The Labute approximate surface area is 141 Å². The zero-order valence-corrected chi connectivity index (χ0v) is 13.6. The van der Waals surface area contributed by atoms with Crippen LogP contribution >= 0.6 is 11.9 Å². The summed E-state index contributed by atoms with van der Waals surface area (Å²) < 4.78 is 20.8. The Bertz CT molecular complexity index is 1000. The highest BCUT2D eigenvalue weighted by molar-refractivity contribution is 7.97. The first-order valence-electron chi connectivity index (χ1n) is 7.17. The molecular formula is C17H14FN3O2S. The molecule has 0 unspecified atom stereocenters. The first-order chi connectivity index (χ1) is 11.5. The van der Waals surface area contributed by atoms with Crippen LogP contribution in [-0.4, -0.2) is 9.82 Å². The molecule has 3 rings (SSSR count). The van der Waals surface area contributed by atoms with E-state index in [0.717, 1.165) is 17.5 Å². The van der Waals surface area contributed by atoms with Crippen LogP contribution in [0.2, 0.25) is 0 Å². The van der Waals surface area contributed by atoms with Crippen molar-refractivity contribution in [3.05, 3.63) is 58.3 Å². The Morgan fingerprint density at radius 1 is 1.33 bits per heavy atom. The summed E-state index contributed by atoms with van der Waals surface area (Å²) in [6.45, 7) is 0. The van der Waals surface area contributed by atoms with Gasteiger partial charge in [0, 0.05) is 13.5 Å². The summed E-state index contributed by atoms with van der Waals surface area (Å²) >= 11 is 0.909. The summed E-state index contributed by atoms with van der Waals surface area (Å²) in [4.78, 5) is 11.5. The molecule has 1 aromatic heterocycles. The molecule has 24 heavy (non-hydrogen) atoms. The fraction of sp³-hybridized carbons (Fsp3) is 0.176. The Morgan fingerprint density at radius 2 is 2.04 bits per heavy atom. The minimum Gasteiger partial charge on any atom is -0.408 e. The maximum atomic E-state index is 14.3. The van der Waals surface area contributed by atoms with Crippen molar-refractivity contribution in [3.8, 4) is 17.2 Å². The summed E-state index contributed by atoms with van der Waals surface area (Å²) in [5.74, 6) is -0.825. The summed E-state index contributed by atoms with van der Waals surface area (Å²) in [7, 11) is 1.62. The second-order valence-electron chi connectivity index (χ2n) is 5.37. The lowest BCUT2D eigenvalue weighted by atomic mass is 10.0. The molecule has 0 aliphatic rings. The van der Waals surface area contributed by atoms with Gasteiger partial charge in [-0.3, -0.25) is 9.71 Å². The smallest absolute Gasteiger partial charge is 0.408 e. The molecule has 0 bridgehead atoms. The molecule has 3 aromatic rings. The molecule has 0 aliphatic carbocycles. The van der Waals surface area contributed by atoms with Gasteiger partial charge in [0.15, 0.2) is 5.58 Å². The van der Waals surface area contributed by atoms with Crippen LogP contribution in [0.25, 0.3) is 22.2 Å². The number of oxazole rings is 1. The van der Waals surface area contributed by atoms with Crippen LogP contribution in [0.15, 0.2) is 45.6 Å². The number of nitrogens with zero attached hydrogens (tertiary/aromatic N) is 2. The molecule has 1 atom stereocenters. The molecule has 0 saturated carbocycles. The van der Waals surface area contributed by atoms with E-state index in [-0.39, 0.29) is 12.2 Å². The van der Waals surface area contributed by atoms with E-state index in [1.165, 1.54) is 10.6 Å². The number of nitriles is 1. The third-order valence-electron chi connectivity index (χ3n) is 3.89. The van der Waals surface area contributed by atoms with Crippen molar-refractivity contribution >= 4 is 23.0 Å². The van der Waals surface area contributed by atoms with E-state index in [4.69, 9.17) is 14.8 Å². The van der Waals surface area contributed by atoms with Crippen molar-refractivity contribution in [1.82, 2.24) is 4.57 Å². The maximum absolute atomic E-state index is 14.3. The van der Waals surface area contributed by atoms with Gasteiger partial charge in [-0.1, -0.05) is 30.1 Å². The van der Waals surface area contributed by atoms with E-state index in [1.54, 1.807) is 37.4 Å². The topological polar surface area (TPSA) is 85.0 Å². The third kappa shape index (κ3) is 2.94. The molecule has 0 radical (unpaired) electrons. The van der Waals surface area contributed by atoms with Gasteiger partial charge < -0.3 is 4.42 Å². The highest BCUT2D eigenvalue weighted by Crippen LogP contribution is 2.26. The largest absolute Gasteiger partial charge is 0.419 e. The molecule has 2 N–H and O–H groups in total. The Hall–Kier alpha value is -2.56. The standard InChI is InChI=1S/C17H14FN3O2S/c1-21-15-8-11(4-5-16(15)23-17(21)22)10-2-3-12(14(18)7-10)6-13(9-19)24-20/h2-5,7-8,13H,6,20H2,1H3/t13-/m0/s1. The van der Waals surface area contributed by atoms with Crippen LogP contribution in [0.3, 0.4) is 0 Å². The minimum atomic E-state index is -0.484. The average Bonchev–Trinajstić information content (AvgIpc) is 2.88. The van der Waals surface area contributed by atoms with Gasteiger partial charge in [-0.25, -0.2) is 9.18 Å². The fourth-order valence-electron chi connectivity index (χ4n) is 2.52. The lowest BCUT2D eigenvalue weighted by Crippen LogP contribution is -2.08. The van der Waals surface area contributed by atoms with Crippen LogP contribution < -0.4 is 10.9 Å². The number of nitrogens with two attached hydrogens (primary N) is 1. The molecule has 122 valence electrons. The number of hydrogen-bond acceptors (Lipinski definition) is 5. The van der Waals surface area contributed by atoms with Crippen molar-refractivity contribution in [3.63, 3.8) is 0 Å². The van der Waals surface area contributed by atoms with Gasteiger partial charge in [-0.15, -0.1) is 0 Å². The minimum absolute atomic E-state index is 0.249. The monoisotopic (exact) mass is 343 g/mol. The van der Waals surface area contributed by atoms with E-state index < -0.39 is 11.0 Å². The van der Waals surface area contributed by atoms with Crippen LogP contribution in [0.1, 0.15) is 5.56 Å². The van der Waals surface area contributed by atoms with Crippen molar-refractivity contribution < 1.29 is 8.81 Å². The zero-order chi connectivity index (χ0) is 17.3. The van der Waals surface area contributed by atoms with Gasteiger partial charge in [0.05, 0.1) is 11.6 Å². The van der Waals surface area contributed by atoms with Crippen molar-refractivity contribution in [2.45, 2.75) is 11.7 Å². The summed E-state index contributed by atoms with van der Waals surface area (Å²) in [5, 5.41) is 13.9. The number of hydrogen-bond donors (Lipinski definition) is 1. The Kier molecular flexibility index (Phi) is 4.42. The summed E-state index contributed by atoms with van der Waals surface area (Å²) in [5.41, 5.74) is 3.03. The molecule has 0 amide bonds. The number of rotatable bonds is 4. The molecule has 0 saturated heterocycles. The van der Waals surface area contributed by atoms with Crippen LogP contribution in [0.4, 0.5) is 4.39 Å². The van der Waals surface area contributed by atoms with Gasteiger partial charge in [-0.2, -0.15) is 5.26 Å². The maximum Gasteiger partial charge on any atom is 0.419 e. The second kappa shape index (κ2) is 6.51. The van der Waals surface area contributed by atoms with Gasteiger partial charge in [0.25, 0.3) is 0 Å². The van der Waals surface area contributed by atoms with E-state index in [9.17, 15) is 9.18 Å². The van der Waals surface area contributed by atoms with E-state index in [2.05, 4.69) is 0 Å². The van der Waals surface area contributed by atoms with Crippen molar-refractivity contribution in [2.24, 2.45) is 12.2 Å². The van der Waals surface area contributed by atoms with Crippen LogP contribution in [0.5, 0.6) is 0 Å². The molecule has 0 aliphatic heterocycles. The molecular weight excluding hydrogens is 329 g/mol. The Balaban J connectivity index is 1.98. The van der Waals surface area contributed by atoms with Crippen molar-refractivity contribution in [2.75, 3.05) is 0 Å². The number of aromatic nitrogens is 1. The van der Waals surface area contributed by atoms with Gasteiger partial charge in [0.2, 0.25) is 0 Å². The number of halogens is 1. The van der Waals surface area contributed by atoms with Gasteiger partial charge in [-0.05, 0) is 34.9 Å². The van der Waals surface area contributed by atoms with E-state index >= 15 is 0 Å². The molecule has 2 aromatic carbocycles. The highest BCUT2D eigenvalue weighted by Gasteiger charge is 2.13. The zero-order valence-electron chi connectivity index (χ0n) is 12.8. The molecule has 1 heterocycles. The predicted octanol–water partition coefficient (Wildman–Crippen LogP) is 2.98. The molecule has 0 spiro atoms. The van der Waals surface area contributed by atoms with Crippen LogP contribution in [0, 0.1) is 17.1 Å². The second-order valence-corrected chi connectivity index (χ2v) is 6.21. The number of aryl methyl sites for hydroxylation is 1. The SMILES string of the molecule is Cn1c(=O)oc2ccc(-c3ccc(C[C@@H](C#N)SN)c(F)c3)cc21. The predicted molar refractivity (Wildman–Crippen MR) is 91.7 cm³/mol. The molecule has 7 heteroatoms. The van der Waals surface area contributed by atoms with E-state index in [0.29, 0.717) is 22.2 Å². The summed E-state index contributed by atoms with van der Waals surface area (Å²) in [6, 6.07) is 12.1. The fourth-order valence-corrected chi connectivity index (χ4v) is 2.86. The quantitative estimate of drug-likeness (QED) is 0.736. The number of benzene rings is 2. The van der Waals surface area contributed by atoms with Crippen LogP contribution in [-0.2, 0) is 13.5 Å². The number of fused-ring (bicyclic) bond motifs is 1. The van der Waals surface area contributed by atoms with Gasteiger partial charge in [0.1, 0.15) is 11.1 Å².